The standard InChI is InChI=1S/C18H13BrFN5O/c19-13-5-12(6-14(20)7-13)18(26)23-15-8-21-25(10-15)11-16-9-24-4-2-1-3-17(24)22-16/h1-10H,11H2,(H,23,26). The van der Waals surface area contributed by atoms with Crippen molar-refractivity contribution in [1.82, 2.24) is 19.2 Å². The van der Waals surface area contributed by atoms with Crippen molar-refractivity contribution in [3.63, 3.8) is 0 Å². The molecule has 0 atom stereocenters. The Bertz CT molecular complexity index is 1050. The summed E-state index contributed by atoms with van der Waals surface area (Å²) in [6, 6.07) is 9.82. The summed E-state index contributed by atoms with van der Waals surface area (Å²) < 4.78 is 17.5. The van der Waals surface area contributed by atoms with Gasteiger partial charge in [0.15, 0.2) is 0 Å². The summed E-state index contributed by atoms with van der Waals surface area (Å²) in [4.78, 5) is 16.8. The fraction of sp³-hybridized carbons (Fsp3) is 0.0556. The smallest absolute Gasteiger partial charge is 0.255 e. The predicted octanol–water partition coefficient (Wildman–Crippen LogP) is 3.73. The molecule has 0 unspecified atom stereocenters. The molecule has 6 nitrogen and oxygen atoms in total. The van der Waals surface area contributed by atoms with Crippen LogP contribution in [0.4, 0.5) is 10.1 Å². The molecule has 4 rings (SSSR count). The topological polar surface area (TPSA) is 64.2 Å². The number of anilines is 1. The molecule has 3 aromatic heterocycles. The van der Waals surface area contributed by atoms with E-state index in [1.807, 2.05) is 35.0 Å². The lowest BCUT2D eigenvalue weighted by atomic mass is 10.2. The van der Waals surface area contributed by atoms with Gasteiger partial charge in [-0.25, -0.2) is 9.37 Å². The Labute approximate surface area is 156 Å². The summed E-state index contributed by atoms with van der Waals surface area (Å²) in [6.07, 6.45) is 7.11. The number of amides is 1. The van der Waals surface area contributed by atoms with Crippen molar-refractivity contribution in [2.45, 2.75) is 6.54 Å². The second-order valence-corrected chi connectivity index (χ2v) is 6.65. The van der Waals surface area contributed by atoms with Crippen LogP contribution in [0, 0.1) is 5.82 Å². The van der Waals surface area contributed by atoms with Crippen LogP contribution >= 0.6 is 15.9 Å². The van der Waals surface area contributed by atoms with Gasteiger partial charge in [0, 0.05) is 28.6 Å². The van der Waals surface area contributed by atoms with Crippen LogP contribution in [0.5, 0.6) is 0 Å². The van der Waals surface area contributed by atoms with Crippen LogP contribution in [0.3, 0.4) is 0 Å². The molecule has 4 aromatic rings. The first-order valence-electron chi connectivity index (χ1n) is 7.79. The van der Waals surface area contributed by atoms with Crippen molar-refractivity contribution < 1.29 is 9.18 Å². The van der Waals surface area contributed by atoms with E-state index in [9.17, 15) is 9.18 Å². The molecule has 26 heavy (non-hydrogen) atoms. The molecule has 130 valence electrons. The first kappa shape index (κ1) is 16.5. The number of benzene rings is 1. The summed E-state index contributed by atoms with van der Waals surface area (Å²) in [7, 11) is 0. The second kappa shape index (κ2) is 6.72. The molecule has 0 saturated carbocycles. The lowest BCUT2D eigenvalue weighted by molar-refractivity contribution is 0.102. The maximum absolute atomic E-state index is 13.4. The molecule has 8 heteroatoms. The fourth-order valence-corrected chi connectivity index (χ4v) is 3.10. The third kappa shape index (κ3) is 3.50. The third-order valence-electron chi connectivity index (χ3n) is 3.75. The highest BCUT2D eigenvalue weighted by atomic mass is 79.9. The van der Waals surface area contributed by atoms with Crippen LogP contribution in [-0.4, -0.2) is 25.1 Å². The molecule has 3 heterocycles. The lowest BCUT2D eigenvalue weighted by Gasteiger charge is -2.03. The number of nitrogens with one attached hydrogen (secondary N) is 1. The second-order valence-electron chi connectivity index (χ2n) is 5.74. The molecule has 0 aliphatic rings. The minimum atomic E-state index is -0.480. The number of hydrogen-bond donors (Lipinski definition) is 1. The Morgan fingerprint density at radius 1 is 1.23 bits per heavy atom. The van der Waals surface area contributed by atoms with E-state index in [1.165, 1.54) is 12.1 Å². The van der Waals surface area contributed by atoms with Gasteiger partial charge in [-0.15, -0.1) is 0 Å². The van der Waals surface area contributed by atoms with E-state index in [0.717, 1.165) is 11.3 Å². The average molecular weight is 414 g/mol. The average Bonchev–Trinajstić information content (AvgIpc) is 3.20. The Morgan fingerprint density at radius 3 is 2.92 bits per heavy atom. The van der Waals surface area contributed by atoms with Crippen molar-refractivity contribution in [1.29, 1.82) is 0 Å². The SMILES string of the molecule is O=C(Nc1cnn(Cc2cn3ccccc3n2)c1)c1cc(F)cc(Br)c1. The van der Waals surface area contributed by atoms with Gasteiger partial charge in [-0.05, 0) is 30.3 Å². The number of nitrogens with zero attached hydrogens (tertiary/aromatic N) is 4. The third-order valence-corrected chi connectivity index (χ3v) is 4.21. The summed E-state index contributed by atoms with van der Waals surface area (Å²) in [5.41, 5.74) is 2.47. The molecular weight excluding hydrogens is 401 g/mol. The highest BCUT2D eigenvalue weighted by Gasteiger charge is 2.10. The monoisotopic (exact) mass is 413 g/mol. The van der Waals surface area contributed by atoms with Gasteiger partial charge in [0.2, 0.25) is 0 Å². The Hall–Kier alpha value is -3.00. The highest BCUT2D eigenvalue weighted by molar-refractivity contribution is 9.10. The number of carbonyl (C=O) groups is 1. The number of hydrogen-bond acceptors (Lipinski definition) is 3. The van der Waals surface area contributed by atoms with Crippen LogP contribution < -0.4 is 5.32 Å². The van der Waals surface area contributed by atoms with Crippen LogP contribution in [-0.2, 0) is 6.54 Å². The molecule has 0 fully saturated rings. The number of imidazole rings is 1. The quantitative estimate of drug-likeness (QED) is 0.554. The van der Waals surface area contributed by atoms with Gasteiger partial charge in [0.05, 0.1) is 24.1 Å². The van der Waals surface area contributed by atoms with E-state index in [2.05, 4.69) is 31.3 Å². The van der Waals surface area contributed by atoms with Crippen LogP contribution in [0.1, 0.15) is 16.1 Å². The maximum Gasteiger partial charge on any atom is 0.255 e. The number of rotatable bonds is 4. The molecule has 0 spiro atoms. The molecule has 1 N–H and O–H groups in total. The number of halogens is 2. The summed E-state index contributed by atoms with van der Waals surface area (Å²) in [5, 5.41) is 6.94. The Morgan fingerprint density at radius 2 is 2.12 bits per heavy atom. The maximum atomic E-state index is 13.4. The van der Waals surface area contributed by atoms with Crippen molar-refractivity contribution in [2.24, 2.45) is 0 Å². The van der Waals surface area contributed by atoms with Crippen molar-refractivity contribution >= 4 is 33.2 Å². The zero-order valence-corrected chi connectivity index (χ0v) is 15.0. The fourth-order valence-electron chi connectivity index (χ4n) is 2.63. The van der Waals surface area contributed by atoms with Gasteiger partial charge < -0.3 is 9.72 Å². The molecule has 0 saturated heterocycles. The van der Waals surface area contributed by atoms with Gasteiger partial charge in [0.1, 0.15) is 11.5 Å². The number of aromatic nitrogens is 4. The van der Waals surface area contributed by atoms with Gasteiger partial charge in [-0.1, -0.05) is 22.0 Å². The molecule has 0 bridgehead atoms. The predicted molar refractivity (Wildman–Crippen MR) is 98.6 cm³/mol. The summed E-state index contributed by atoms with van der Waals surface area (Å²) in [6.45, 7) is 0.475. The molecule has 0 aliphatic heterocycles. The van der Waals surface area contributed by atoms with Gasteiger partial charge in [-0.2, -0.15) is 5.10 Å². The molecular formula is C18H13BrFN5O. The van der Waals surface area contributed by atoms with Crippen molar-refractivity contribution in [2.75, 3.05) is 5.32 Å². The molecule has 0 aliphatic carbocycles. The minimum absolute atomic E-state index is 0.227. The zero-order valence-electron chi connectivity index (χ0n) is 13.4. The number of fused-ring (bicyclic) bond motifs is 1. The molecule has 1 amide bonds. The summed E-state index contributed by atoms with van der Waals surface area (Å²) >= 11 is 3.18. The van der Waals surface area contributed by atoms with E-state index < -0.39 is 11.7 Å². The van der Waals surface area contributed by atoms with Crippen LogP contribution in [0.15, 0.2) is 65.7 Å². The van der Waals surface area contributed by atoms with E-state index in [4.69, 9.17) is 0 Å². The largest absolute Gasteiger partial charge is 0.319 e. The Balaban J connectivity index is 1.48. The van der Waals surface area contributed by atoms with Gasteiger partial charge >= 0.3 is 0 Å². The van der Waals surface area contributed by atoms with E-state index in [1.54, 1.807) is 23.1 Å². The van der Waals surface area contributed by atoms with E-state index in [0.29, 0.717) is 16.7 Å². The van der Waals surface area contributed by atoms with Gasteiger partial charge in [-0.3, -0.25) is 9.48 Å². The zero-order chi connectivity index (χ0) is 18.1. The van der Waals surface area contributed by atoms with E-state index in [-0.39, 0.29) is 5.56 Å². The van der Waals surface area contributed by atoms with Crippen LogP contribution in [0.25, 0.3) is 5.65 Å². The van der Waals surface area contributed by atoms with Crippen LogP contribution in [0.2, 0.25) is 0 Å². The normalized spacial score (nSPS) is 11.0. The first-order chi connectivity index (χ1) is 12.6. The van der Waals surface area contributed by atoms with Crippen molar-refractivity contribution in [3.8, 4) is 0 Å². The van der Waals surface area contributed by atoms with E-state index >= 15 is 0 Å². The first-order valence-corrected chi connectivity index (χ1v) is 8.59. The molecule has 1 aromatic carbocycles. The van der Waals surface area contributed by atoms with Crippen molar-refractivity contribution in [3.05, 3.63) is 82.7 Å². The lowest BCUT2D eigenvalue weighted by Crippen LogP contribution is -2.11. The number of carbonyl (C=O) groups excluding carboxylic acids is 1. The minimum Gasteiger partial charge on any atom is -0.319 e. The highest BCUT2D eigenvalue weighted by Crippen LogP contribution is 2.17. The van der Waals surface area contributed by atoms with Gasteiger partial charge in [0.25, 0.3) is 5.91 Å². The Kier molecular flexibility index (Phi) is 4.26. The number of pyridine rings is 1. The summed E-state index contributed by atoms with van der Waals surface area (Å²) in [5.74, 6) is -0.885. The molecule has 0 radical (unpaired) electrons.